The lowest BCUT2D eigenvalue weighted by molar-refractivity contribution is -0.131. The molecule has 128 valence electrons. The van der Waals surface area contributed by atoms with E-state index in [4.69, 9.17) is 9.84 Å². The second kappa shape index (κ2) is 8.08. The van der Waals surface area contributed by atoms with Crippen molar-refractivity contribution < 1.29 is 14.6 Å². The van der Waals surface area contributed by atoms with E-state index in [2.05, 4.69) is 9.88 Å². The highest BCUT2D eigenvalue weighted by Gasteiger charge is 2.13. The summed E-state index contributed by atoms with van der Waals surface area (Å²) in [6, 6.07) is 7.74. The molecule has 0 radical (unpaired) electrons. The third-order valence-corrected chi connectivity index (χ3v) is 4.47. The first-order valence-electron chi connectivity index (χ1n) is 7.64. The number of benzene rings is 1. The molecule has 0 aliphatic rings. The van der Waals surface area contributed by atoms with Crippen LogP contribution in [-0.2, 0) is 4.79 Å². The number of nitrogens with zero attached hydrogens (tertiary/aromatic N) is 2. The van der Waals surface area contributed by atoms with Gasteiger partial charge >= 0.3 is 5.97 Å². The largest absolute Gasteiger partial charge is 0.492 e. The Kier molecular flexibility index (Phi) is 6.11. The molecule has 1 heterocycles. The number of hydrogen-bond acceptors (Lipinski definition) is 5. The lowest BCUT2D eigenvalue weighted by Crippen LogP contribution is -2.19. The molecule has 0 spiro atoms. The Morgan fingerprint density at radius 2 is 2.00 bits per heavy atom. The molecule has 0 atom stereocenters. The zero-order valence-corrected chi connectivity index (χ0v) is 15.2. The molecule has 0 unspecified atom stereocenters. The van der Waals surface area contributed by atoms with Crippen LogP contribution in [-0.4, -0.2) is 48.2 Å². The van der Waals surface area contributed by atoms with Gasteiger partial charge in [-0.25, -0.2) is 9.78 Å². The molecule has 0 saturated heterocycles. The Labute approximate surface area is 146 Å². The van der Waals surface area contributed by atoms with Crippen molar-refractivity contribution in [1.82, 2.24) is 9.88 Å². The fourth-order valence-electron chi connectivity index (χ4n) is 2.20. The van der Waals surface area contributed by atoms with E-state index in [1.165, 1.54) is 17.4 Å². The van der Waals surface area contributed by atoms with Crippen LogP contribution in [0.4, 0.5) is 0 Å². The van der Waals surface area contributed by atoms with E-state index < -0.39 is 5.97 Å². The Balaban J connectivity index is 2.21. The highest BCUT2D eigenvalue weighted by molar-refractivity contribution is 7.13. The number of aromatic nitrogens is 1. The number of thiazole rings is 1. The molecule has 0 amide bonds. The minimum atomic E-state index is -0.950. The topological polar surface area (TPSA) is 62.7 Å². The summed E-state index contributed by atoms with van der Waals surface area (Å²) >= 11 is 1.50. The van der Waals surface area contributed by atoms with Crippen LogP contribution in [0.5, 0.6) is 5.75 Å². The van der Waals surface area contributed by atoms with Crippen LogP contribution in [0.2, 0.25) is 0 Å². The summed E-state index contributed by atoms with van der Waals surface area (Å²) in [5, 5.41) is 9.87. The number of hydrogen-bond donors (Lipinski definition) is 1. The van der Waals surface area contributed by atoms with Gasteiger partial charge in [-0.1, -0.05) is 0 Å². The van der Waals surface area contributed by atoms with E-state index in [-0.39, 0.29) is 0 Å². The van der Waals surface area contributed by atoms with Crippen molar-refractivity contribution in [2.75, 3.05) is 27.2 Å². The van der Waals surface area contributed by atoms with Crippen LogP contribution in [0.3, 0.4) is 0 Å². The van der Waals surface area contributed by atoms with Gasteiger partial charge in [0.25, 0.3) is 0 Å². The van der Waals surface area contributed by atoms with Crippen molar-refractivity contribution >= 4 is 22.9 Å². The zero-order valence-electron chi connectivity index (χ0n) is 14.4. The maximum atomic E-state index is 10.9. The molecule has 24 heavy (non-hydrogen) atoms. The van der Waals surface area contributed by atoms with Gasteiger partial charge in [0.15, 0.2) is 0 Å². The van der Waals surface area contributed by atoms with Gasteiger partial charge in [0.05, 0.1) is 15.6 Å². The lowest BCUT2D eigenvalue weighted by Gasteiger charge is -2.11. The van der Waals surface area contributed by atoms with Crippen molar-refractivity contribution in [3.63, 3.8) is 0 Å². The fraction of sp³-hybridized carbons (Fsp3) is 0.333. The van der Waals surface area contributed by atoms with Crippen molar-refractivity contribution in [2.24, 2.45) is 0 Å². The second-order valence-corrected chi connectivity index (χ2v) is 6.96. The van der Waals surface area contributed by atoms with Crippen LogP contribution < -0.4 is 4.74 Å². The summed E-state index contributed by atoms with van der Waals surface area (Å²) in [6.07, 6.45) is 1.22. The van der Waals surface area contributed by atoms with E-state index in [1.54, 1.807) is 6.92 Å². The van der Waals surface area contributed by atoms with E-state index in [0.29, 0.717) is 12.2 Å². The Morgan fingerprint density at radius 3 is 2.58 bits per heavy atom. The van der Waals surface area contributed by atoms with Gasteiger partial charge in [-0.15, -0.1) is 11.3 Å². The Morgan fingerprint density at radius 1 is 1.33 bits per heavy atom. The molecule has 0 aliphatic heterocycles. The SMILES string of the molecule is C/C(=C\C(=O)O)c1sc(C)nc1-c1ccc(OCCN(C)C)cc1. The number of carboxylic acids is 1. The van der Waals surface area contributed by atoms with Crippen molar-refractivity contribution in [3.05, 3.63) is 40.2 Å². The maximum absolute atomic E-state index is 10.9. The third-order valence-electron chi connectivity index (χ3n) is 3.37. The molecule has 1 aromatic carbocycles. The van der Waals surface area contributed by atoms with E-state index in [9.17, 15) is 4.79 Å². The average Bonchev–Trinajstić information content (AvgIpc) is 2.89. The fourth-order valence-corrected chi connectivity index (χ4v) is 3.11. The first kappa shape index (κ1) is 18.2. The highest BCUT2D eigenvalue weighted by atomic mass is 32.1. The molecule has 1 N–H and O–H groups in total. The monoisotopic (exact) mass is 346 g/mol. The quantitative estimate of drug-likeness (QED) is 0.777. The Bertz CT molecular complexity index is 733. The van der Waals surface area contributed by atoms with Crippen molar-refractivity contribution in [1.29, 1.82) is 0 Å². The summed E-state index contributed by atoms with van der Waals surface area (Å²) in [4.78, 5) is 18.4. The number of carbonyl (C=O) groups is 1. The lowest BCUT2D eigenvalue weighted by atomic mass is 10.1. The third kappa shape index (κ3) is 4.91. The average molecular weight is 346 g/mol. The van der Waals surface area contributed by atoms with Crippen LogP contribution in [0.15, 0.2) is 30.3 Å². The van der Waals surface area contributed by atoms with Crippen molar-refractivity contribution in [2.45, 2.75) is 13.8 Å². The predicted octanol–water partition coefficient (Wildman–Crippen LogP) is 3.55. The smallest absolute Gasteiger partial charge is 0.328 e. The second-order valence-electron chi connectivity index (χ2n) is 5.75. The molecule has 5 nitrogen and oxygen atoms in total. The Hall–Kier alpha value is -2.18. The van der Waals surface area contributed by atoms with Crippen LogP contribution in [0.25, 0.3) is 16.8 Å². The van der Waals surface area contributed by atoms with Gasteiger partial charge in [-0.3, -0.25) is 0 Å². The summed E-state index contributed by atoms with van der Waals surface area (Å²) < 4.78 is 5.69. The first-order valence-corrected chi connectivity index (χ1v) is 8.45. The molecule has 2 aromatic rings. The number of ether oxygens (including phenoxy) is 1. The molecule has 2 rings (SSSR count). The molecule has 1 aromatic heterocycles. The number of aryl methyl sites for hydroxylation is 1. The number of likely N-dealkylation sites (N-methyl/N-ethyl adjacent to an activating group) is 1. The molecular weight excluding hydrogens is 324 g/mol. The van der Waals surface area contributed by atoms with Gasteiger partial charge in [-0.05, 0) is 57.8 Å². The summed E-state index contributed by atoms with van der Waals surface area (Å²) in [7, 11) is 4.01. The minimum absolute atomic E-state index is 0.633. The number of allylic oxidation sites excluding steroid dienone is 1. The van der Waals surface area contributed by atoms with Crippen LogP contribution in [0.1, 0.15) is 16.8 Å². The minimum Gasteiger partial charge on any atom is -0.492 e. The van der Waals surface area contributed by atoms with Crippen molar-refractivity contribution in [3.8, 4) is 17.0 Å². The predicted molar refractivity (Wildman–Crippen MR) is 97.6 cm³/mol. The van der Waals surface area contributed by atoms with Crippen LogP contribution in [0, 0.1) is 6.92 Å². The van der Waals surface area contributed by atoms with E-state index in [0.717, 1.165) is 33.4 Å². The number of rotatable bonds is 7. The highest BCUT2D eigenvalue weighted by Crippen LogP contribution is 2.34. The van der Waals surface area contributed by atoms with Gasteiger partial charge in [0.2, 0.25) is 0 Å². The normalized spacial score (nSPS) is 11.8. The molecule has 0 aliphatic carbocycles. The molecule has 0 fully saturated rings. The summed E-state index contributed by atoms with van der Waals surface area (Å²) in [6.45, 7) is 5.21. The molecule has 0 saturated carbocycles. The van der Waals surface area contributed by atoms with Gasteiger partial charge in [0, 0.05) is 18.2 Å². The number of carboxylic acid groups (broad SMARTS) is 1. The maximum Gasteiger partial charge on any atom is 0.328 e. The summed E-state index contributed by atoms with van der Waals surface area (Å²) in [5.74, 6) is -0.138. The molecule has 0 bridgehead atoms. The molecular formula is C18H22N2O3S. The van der Waals surface area contributed by atoms with Crippen LogP contribution >= 0.6 is 11.3 Å². The zero-order chi connectivity index (χ0) is 17.7. The first-order chi connectivity index (χ1) is 11.4. The summed E-state index contributed by atoms with van der Waals surface area (Å²) in [5.41, 5.74) is 2.47. The van der Waals surface area contributed by atoms with Gasteiger partial charge in [0.1, 0.15) is 12.4 Å². The number of aliphatic carboxylic acids is 1. The van der Waals surface area contributed by atoms with E-state index in [1.807, 2.05) is 45.3 Å². The standard InChI is InChI=1S/C18H22N2O3S/c1-12(11-16(21)22)18-17(19-13(2)24-18)14-5-7-15(8-6-14)23-10-9-20(3)4/h5-8,11H,9-10H2,1-4H3,(H,21,22)/b12-11+. The van der Waals surface area contributed by atoms with Gasteiger partial charge < -0.3 is 14.7 Å². The molecule has 6 heteroatoms. The van der Waals surface area contributed by atoms with E-state index >= 15 is 0 Å². The van der Waals surface area contributed by atoms with Gasteiger partial charge in [-0.2, -0.15) is 0 Å².